The smallest absolute Gasteiger partial charge is 0.207 e. The maximum absolute atomic E-state index is 12.9. The molecule has 1 aromatic rings. The van der Waals surface area contributed by atoms with Gasteiger partial charge in [-0.1, -0.05) is 19.1 Å². The van der Waals surface area contributed by atoms with Crippen LogP contribution in [0.25, 0.3) is 0 Å². The molecule has 3 nitrogen and oxygen atoms in total. The molecule has 0 amide bonds. The number of sulfonamides is 1. The van der Waals surface area contributed by atoms with E-state index in [2.05, 4.69) is 6.92 Å². The molecule has 1 fully saturated rings. The normalized spacial score (nSPS) is 23.5. The topological polar surface area (TPSA) is 37.4 Å². The molecule has 1 saturated carbocycles. The molecule has 0 saturated heterocycles. The Kier molecular flexibility index (Phi) is 5.33. The van der Waals surface area contributed by atoms with E-state index in [1.165, 1.54) is 0 Å². The SMILES string of the molecule is Cc1c(CCl)cccc1S(=O)(=O)N(C)C1CCC(C)CC1. The molecule has 0 N–H and O–H groups in total. The van der Waals surface area contributed by atoms with Crippen LogP contribution in [0, 0.1) is 12.8 Å². The summed E-state index contributed by atoms with van der Waals surface area (Å²) in [6.45, 7) is 4.07. The van der Waals surface area contributed by atoms with Crippen LogP contribution in [0.5, 0.6) is 0 Å². The van der Waals surface area contributed by atoms with E-state index < -0.39 is 10.0 Å². The Hall–Kier alpha value is -0.580. The molecule has 0 spiro atoms. The van der Waals surface area contributed by atoms with Gasteiger partial charge in [-0.25, -0.2) is 8.42 Å². The van der Waals surface area contributed by atoms with Gasteiger partial charge in [-0.3, -0.25) is 0 Å². The summed E-state index contributed by atoms with van der Waals surface area (Å²) in [5, 5.41) is 0. The molecule has 1 aromatic carbocycles. The summed E-state index contributed by atoms with van der Waals surface area (Å²) < 4.78 is 27.3. The van der Waals surface area contributed by atoms with E-state index in [-0.39, 0.29) is 6.04 Å². The van der Waals surface area contributed by atoms with Gasteiger partial charge in [0.2, 0.25) is 10.0 Å². The Morgan fingerprint density at radius 3 is 2.43 bits per heavy atom. The van der Waals surface area contributed by atoms with E-state index in [4.69, 9.17) is 11.6 Å². The van der Waals surface area contributed by atoms with Gasteiger partial charge < -0.3 is 0 Å². The molecule has 5 heteroatoms. The van der Waals surface area contributed by atoms with E-state index in [1.54, 1.807) is 23.5 Å². The largest absolute Gasteiger partial charge is 0.243 e. The molecular weight excluding hydrogens is 306 g/mol. The van der Waals surface area contributed by atoms with Crippen LogP contribution in [-0.2, 0) is 15.9 Å². The Balaban J connectivity index is 2.29. The number of alkyl halides is 1. The molecule has 0 aliphatic heterocycles. The summed E-state index contributed by atoms with van der Waals surface area (Å²) in [6, 6.07) is 5.45. The number of nitrogens with zero attached hydrogens (tertiary/aromatic N) is 1. The Bertz CT molecular complexity index is 592. The van der Waals surface area contributed by atoms with Crippen LogP contribution in [0.3, 0.4) is 0 Å². The molecular formula is C16H24ClNO2S. The van der Waals surface area contributed by atoms with Crippen LogP contribution in [0.1, 0.15) is 43.7 Å². The van der Waals surface area contributed by atoms with Gasteiger partial charge in [0.15, 0.2) is 0 Å². The van der Waals surface area contributed by atoms with E-state index in [0.29, 0.717) is 16.7 Å². The van der Waals surface area contributed by atoms with Crippen LogP contribution in [0.4, 0.5) is 0 Å². The third-order valence-electron chi connectivity index (χ3n) is 4.70. The molecule has 0 aromatic heterocycles. The van der Waals surface area contributed by atoms with Crippen molar-refractivity contribution >= 4 is 21.6 Å². The highest BCUT2D eigenvalue weighted by atomic mass is 35.5. The van der Waals surface area contributed by atoms with Crippen LogP contribution in [-0.4, -0.2) is 25.8 Å². The van der Waals surface area contributed by atoms with Crippen molar-refractivity contribution in [1.29, 1.82) is 0 Å². The zero-order chi connectivity index (χ0) is 15.6. The Labute approximate surface area is 133 Å². The van der Waals surface area contributed by atoms with E-state index in [0.717, 1.165) is 36.8 Å². The van der Waals surface area contributed by atoms with Gasteiger partial charge in [0.05, 0.1) is 4.90 Å². The van der Waals surface area contributed by atoms with Crippen molar-refractivity contribution in [3.8, 4) is 0 Å². The first-order valence-electron chi connectivity index (χ1n) is 7.50. The lowest BCUT2D eigenvalue weighted by Crippen LogP contribution is -2.39. The Morgan fingerprint density at radius 1 is 1.24 bits per heavy atom. The van der Waals surface area contributed by atoms with Crippen LogP contribution >= 0.6 is 11.6 Å². The second kappa shape index (κ2) is 6.67. The standard InChI is InChI=1S/C16H24ClNO2S/c1-12-7-9-15(10-8-12)18(3)21(19,20)16-6-4-5-14(11-17)13(16)2/h4-6,12,15H,7-11H2,1-3H3. The zero-order valence-electron chi connectivity index (χ0n) is 13.0. The molecule has 0 atom stereocenters. The fourth-order valence-corrected chi connectivity index (χ4v) is 5.01. The number of rotatable bonds is 4. The van der Waals surface area contributed by atoms with Crippen molar-refractivity contribution in [1.82, 2.24) is 4.31 Å². The average molecular weight is 330 g/mol. The summed E-state index contributed by atoms with van der Waals surface area (Å²) in [5.74, 6) is 1.04. The molecule has 21 heavy (non-hydrogen) atoms. The minimum Gasteiger partial charge on any atom is -0.207 e. The lowest BCUT2D eigenvalue weighted by atomic mass is 9.87. The van der Waals surface area contributed by atoms with E-state index >= 15 is 0 Å². The number of hydrogen-bond donors (Lipinski definition) is 0. The Morgan fingerprint density at radius 2 is 1.86 bits per heavy atom. The lowest BCUT2D eigenvalue weighted by Gasteiger charge is -2.33. The van der Waals surface area contributed by atoms with E-state index in [1.807, 2.05) is 13.0 Å². The number of hydrogen-bond acceptors (Lipinski definition) is 2. The van der Waals surface area contributed by atoms with Crippen LogP contribution < -0.4 is 0 Å². The minimum atomic E-state index is -3.44. The third-order valence-corrected chi connectivity index (χ3v) is 7.04. The summed E-state index contributed by atoms with van der Waals surface area (Å²) in [6.07, 6.45) is 4.10. The number of halogens is 1. The van der Waals surface area contributed by atoms with E-state index in [9.17, 15) is 8.42 Å². The van der Waals surface area contributed by atoms with Gasteiger partial charge >= 0.3 is 0 Å². The maximum atomic E-state index is 12.9. The van der Waals surface area contributed by atoms with Crippen molar-refractivity contribution in [2.75, 3.05) is 7.05 Å². The molecule has 0 unspecified atom stereocenters. The minimum absolute atomic E-state index is 0.116. The highest BCUT2D eigenvalue weighted by molar-refractivity contribution is 7.89. The van der Waals surface area contributed by atoms with Crippen molar-refractivity contribution in [3.63, 3.8) is 0 Å². The molecule has 118 valence electrons. The first kappa shape index (κ1) is 16.8. The lowest BCUT2D eigenvalue weighted by molar-refractivity contribution is 0.246. The summed E-state index contributed by atoms with van der Waals surface area (Å²) >= 11 is 5.89. The molecule has 1 aliphatic rings. The summed E-state index contributed by atoms with van der Waals surface area (Å²) in [4.78, 5) is 0.391. The fraction of sp³-hybridized carbons (Fsp3) is 0.625. The highest BCUT2D eigenvalue weighted by Crippen LogP contribution is 2.31. The van der Waals surface area contributed by atoms with Gasteiger partial charge in [0, 0.05) is 19.0 Å². The average Bonchev–Trinajstić information content (AvgIpc) is 2.47. The summed E-state index contributed by atoms with van der Waals surface area (Å²) in [5.41, 5.74) is 1.65. The van der Waals surface area contributed by atoms with Crippen LogP contribution in [0.15, 0.2) is 23.1 Å². The van der Waals surface area contributed by atoms with Crippen molar-refractivity contribution < 1.29 is 8.42 Å². The van der Waals surface area contributed by atoms with Gasteiger partial charge in [0.25, 0.3) is 0 Å². The molecule has 1 aliphatic carbocycles. The quantitative estimate of drug-likeness (QED) is 0.785. The zero-order valence-corrected chi connectivity index (χ0v) is 14.5. The van der Waals surface area contributed by atoms with Crippen molar-refractivity contribution in [2.24, 2.45) is 5.92 Å². The molecule has 2 rings (SSSR count). The summed E-state index contributed by atoms with van der Waals surface area (Å²) in [7, 11) is -1.73. The first-order chi connectivity index (χ1) is 9.87. The second-order valence-electron chi connectivity index (χ2n) is 6.11. The van der Waals surface area contributed by atoms with Gasteiger partial charge in [-0.15, -0.1) is 11.6 Å². The van der Waals surface area contributed by atoms with Crippen molar-refractivity contribution in [2.45, 2.75) is 56.3 Å². The predicted molar refractivity (Wildman–Crippen MR) is 87.1 cm³/mol. The van der Waals surface area contributed by atoms with Crippen molar-refractivity contribution in [3.05, 3.63) is 29.3 Å². The van der Waals surface area contributed by atoms with Gasteiger partial charge in [0.1, 0.15) is 0 Å². The predicted octanol–water partition coefficient (Wildman–Crippen LogP) is 3.93. The fourth-order valence-electron chi connectivity index (χ4n) is 3.04. The van der Waals surface area contributed by atoms with Gasteiger partial charge in [-0.2, -0.15) is 4.31 Å². The maximum Gasteiger partial charge on any atom is 0.243 e. The van der Waals surface area contributed by atoms with Gasteiger partial charge in [-0.05, 0) is 55.7 Å². The number of benzene rings is 1. The monoisotopic (exact) mass is 329 g/mol. The first-order valence-corrected chi connectivity index (χ1v) is 9.48. The molecule has 0 radical (unpaired) electrons. The second-order valence-corrected chi connectivity index (χ2v) is 8.34. The van der Waals surface area contributed by atoms with Crippen LogP contribution in [0.2, 0.25) is 0 Å². The molecule has 0 bridgehead atoms. The third kappa shape index (κ3) is 3.43. The molecule has 0 heterocycles. The highest BCUT2D eigenvalue weighted by Gasteiger charge is 2.31.